The Kier molecular flexibility index (Phi) is 2.81. The Morgan fingerprint density at radius 3 is 3.14 bits per heavy atom. The third-order valence-electron chi connectivity index (χ3n) is 4.17. The molecule has 1 atom stereocenters. The van der Waals surface area contributed by atoms with Gasteiger partial charge in [-0.1, -0.05) is 6.07 Å². The highest BCUT2D eigenvalue weighted by molar-refractivity contribution is 5.88. The van der Waals surface area contributed by atoms with Gasteiger partial charge in [-0.05, 0) is 54.7 Å². The Morgan fingerprint density at radius 2 is 2.19 bits per heavy atom. The molecule has 0 aliphatic heterocycles. The molecule has 1 aliphatic carbocycles. The van der Waals surface area contributed by atoms with Crippen molar-refractivity contribution >= 4 is 22.5 Å². The van der Waals surface area contributed by atoms with Crippen molar-refractivity contribution in [1.29, 1.82) is 0 Å². The summed E-state index contributed by atoms with van der Waals surface area (Å²) in [6, 6.07) is 10.3. The molecule has 21 heavy (non-hydrogen) atoms. The highest BCUT2D eigenvalue weighted by Crippen LogP contribution is 2.34. The Labute approximate surface area is 123 Å². The zero-order chi connectivity index (χ0) is 14.2. The third kappa shape index (κ3) is 2.13. The minimum Gasteiger partial charge on any atom is -0.464 e. The molecule has 0 fully saturated rings. The summed E-state index contributed by atoms with van der Waals surface area (Å²) in [5.41, 5.74) is 10.3. The van der Waals surface area contributed by atoms with Crippen LogP contribution >= 0.6 is 0 Å². The Morgan fingerprint density at radius 1 is 1.24 bits per heavy atom. The second kappa shape index (κ2) is 4.81. The van der Waals surface area contributed by atoms with E-state index in [1.165, 1.54) is 11.1 Å². The van der Waals surface area contributed by atoms with Gasteiger partial charge in [0, 0.05) is 11.9 Å². The molecule has 4 rings (SSSR count). The fourth-order valence-corrected chi connectivity index (χ4v) is 3.16. The average Bonchev–Trinajstić information content (AvgIpc) is 2.97. The standard InChI is InChI=1S/C17H17N3O/c18-12-4-5-13-11(10-12)2-1-3-15(13)20-17-14-7-9-21-16(14)6-8-19-17/h4-10,15H,1-3,18H2,(H,19,20). The van der Waals surface area contributed by atoms with E-state index in [0.717, 1.165) is 41.7 Å². The topological polar surface area (TPSA) is 64.1 Å². The lowest BCUT2D eigenvalue weighted by atomic mass is 9.87. The number of benzene rings is 1. The minimum atomic E-state index is 0.280. The van der Waals surface area contributed by atoms with Crippen molar-refractivity contribution in [2.45, 2.75) is 25.3 Å². The van der Waals surface area contributed by atoms with Crippen LogP contribution < -0.4 is 11.1 Å². The summed E-state index contributed by atoms with van der Waals surface area (Å²) in [6.45, 7) is 0. The van der Waals surface area contributed by atoms with Crippen molar-refractivity contribution < 1.29 is 4.42 Å². The van der Waals surface area contributed by atoms with Crippen LogP contribution in [0.2, 0.25) is 0 Å². The number of nitrogens with one attached hydrogen (secondary N) is 1. The molecule has 106 valence electrons. The van der Waals surface area contributed by atoms with E-state index in [1.54, 1.807) is 12.5 Å². The largest absolute Gasteiger partial charge is 0.464 e. The number of pyridine rings is 1. The van der Waals surface area contributed by atoms with E-state index in [9.17, 15) is 0 Å². The van der Waals surface area contributed by atoms with Crippen LogP contribution in [0.25, 0.3) is 11.0 Å². The normalized spacial score (nSPS) is 17.6. The molecule has 0 radical (unpaired) electrons. The first-order chi connectivity index (χ1) is 10.3. The Bertz CT molecular complexity index is 794. The van der Waals surface area contributed by atoms with Gasteiger partial charge < -0.3 is 15.5 Å². The van der Waals surface area contributed by atoms with Crippen molar-refractivity contribution in [2.75, 3.05) is 11.1 Å². The molecule has 0 bridgehead atoms. The molecule has 4 heteroatoms. The maximum atomic E-state index is 5.90. The molecule has 3 N–H and O–H groups in total. The molecule has 2 aromatic heterocycles. The van der Waals surface area contributed by atoms with Crippen molar-refractivity contribution in [3.05, 3.63) is 53.9 Å². The fraction of sp³-hybridized carbons (Fsp3) is 0.235. The number of rotatable bonds is 2. The van der Waals surface area contributed by atoms with Gasteiger partial charge in [0.15, 0.2) is 0 Å². The molecular weight excluding hydrogens is 262 g/mol. The number of hydrogen-bond acceptors (Lipinski definition) is 4. The third-order valence-corrected chi connectivity index (χ3v) is 4.17. The number of nitrogens with zero attached hydrogens (tertiary/aromatic N) is 1. The van der Waals surface area contributed by atoms with Crippen LogP contribution in [0.5, 0.6) is 0 Å². The SMILES string of the molecule is Nc1ccc2c(c1)CCCC2Nc1nccc2occc12. The summed E-state index contributed by atoms with van der Waals surface area (Å²) in [5, 5.41) is 4.60. The number of aryl methyl sites for hydroxylation is 1. The van der Waals surface area contributed by atoms with Crippen molar-refractivity contribution in [2.24, 2.45) is 0 Å². The molecule has 3 aromatic rings. The molecular formula is C17H17N3O. The Balaban J connectivity index is 1.71. The smallest absolute Gasteiger partial charge is 0.139 e. The van der Waals surface area contributed by atoms with Crippen LogP contribution in [0.15, 0.2) is 47.2 Å². The van der Waals surface area contributed by atoms with Crippen molar-refractivity contribution in [3.8, 4) is 0 Å². The average molecular weight is 279 g/mol. The minimum absolute atomic E-state index is 0.280. The molecule has 2 heterocycles. The van der Waals surface area contributed by atoms with E-state index >= 15 is 0 Å². The van der Waals surface area contributed by atoms with E-state index < -0.39 is 0 Å². The monoisotopic (exact) mass is 279 g/mol. The van der Waals surface area contributed by atoms with E-state index in [4.69, 9.17) is 10.2 Å². The lowest BCUT2D eigenvalue weighted by Crippen LogP contribution is -2.18. The molecule has 4 nitrogen and oxygen atoms in total. The lowest BCUT2D eigenvalue weighted by molar-refractivity contribution is 0.599. The van der Waals surface area contributed by atoms with E-state index in [2.05, 4.69) is 22.4 Å². The summed E-state index contributed by atoms with van der Waals surface area (Å²) in [4.78, 5) is 4.47. The summed E-state index contributed by atoms with van der Waals surface area (Å²) in [5.74, 6) is 0.885. The number of nitrogen functional groups attached to an aromatic ring is 1. The number of nitrogens with two attached hydrogens (primary N) is 1. The fourth-order valence-electron chi connectivity index (χ4n) is 3.16. The lowest BCUT2D eigenvalue weighted by Gasteiger charge is -2.27. The zero-order valence-corrected chi connectivity index (χ0v) is 11.7. The van der Waals surface area contributed by atoms with E-state index in [0.29, 0.717) is 0 Å². The van der Waals surface area contributed by atoms with Gasteiger partial charge in [-0.15, -0.1) is 0 Å². The highest BCUT2D eigenvalue weighted by Gasteiger charge is 2.21. The number of fused-ring (bicyclic) bond motifs is 2. The zero-order valence-electron chi connectivity index (χ0n) is 11.7. The van der Waals surface area contributed by atoms with Crippen LogP contribution in [0.4, 0.5) is 11.5 Å². The van der Waals surface area contributed by atoms with Gasteiger partial charge >= 0.3 is 0 Å². The van der Waals surface area contributed by atoms with Crippen molar-refractivity contribution in [3.63, 3.8) is 0 Å². The van der Waals surface area contributed by atoms with Gasteiger partial charge in [-0.3, -0.25) is 0 Å². The molecule has 0 saturated carbocycles. The van der Waals surface area contributed by atoms with Crippen LogP contribution in [-0.4, -0.2) is 4.98 Å². The quantitative estimate of drug-likeness (QED) is 0.698. The predicted octanol–water partition coefficient (Wildman–Crippen LogP) is 3.90. The van der Waals surface area contributed by atoms with Gasteiger partial charge in [0.2, 0.25) is 0 Å². The second-order valence-corrected chi connectivity index (χ2v) is 5.54. The molecule has 0 spiro atoms. The number of aromatic nitrogens is 1. The van der Waals surface area contributed by atoms with Crippen LogP contribution in [0.1, 0.15) is 30.0 Å². The first kappa shape index (κ1) is 12.3. The molecule has 1 unspecified atom stereocenters. The summed E-state index contributed by atoms with van der Waals surface area (Å²) in [6.07, 6.45) is 6.85. The molecule has 0 amide bonds. The molecule has 0 saturated heterocycles. The maximum absolute atomic E-state index is 5.90. The van der Waals surface area contributed by atoms with Crippen LogP contribution in [0.3, 0.4) is 0 Å². The first-order valence-corrected chi connectivity index (χ1v) is 7.28. The molecule has 1 aliphatic rings. The van der Waals surface area contributed by atoms with Gasteiger partial charge in [-0.2, -0.15) is 0 Å². The number of anilines is 2. The van der Waals surface area contributed by atoms with Gasteiger partial charge in [0.05, 0.1) is 17.7 Å². The van der Waals surface area contributed by atoms with Crippen molar-refractivity contribution in [1.82, 2.24) is 4.98 Å². The summed E-state index contributed by atoms with van der Waals surface area (Å²) < 4.78 is 5.44. The highest BCUT2D eigenvalue weighted by atomic mass is 16.3. The summed E-state index contributed by atoms with van der Waals surface area (Å²) in [7, 11) is 0. The number of hydrogen-bond donors (Lipinski definition) is 2. The van der Waals surface area contributed by atoms with Crippen LogP contribution in [0, 0.1) is 0 Å². The molecule has 1 aromatic carbocycles. The van der Waals surface area contributed by atoms with Gasteiger partial charge in [0.1, 0.15) is 11.4 Å². The first-order valence-electron chi connectivity index (χ1n) is 7.28. The van der Waals surface area contributed by atoms with E-state index in [-0.39, 0.29) is 6.04 Å². The van der Waals surface area contributed by atoms with Gasteiger partial charge in [0.25, 0.3) is 0 Å². The number of furan rings is 1. The second-order valence-electron chi connectivity index (χ2n) is 5.54. The Hall–Kier alpha value is -2.49. The van der Waals surface area contributed by atoms with Gasteiger partial charge in [-0.25, -0.2) is 4.98 Å². The predicted molar refractivity (Wildman–Crippen MR) is 84.2 cm³/mol. The maximum Gasteiger partial charge on any atom is 0.139 e. The van der Waals surface area contributed by atoms with Crippen LogP contribution in [-0.2, 0) is 6.42 Å². The van der Waals surface area contributed by atoms with E-state index in [1.807, 2.05) is 18.2 Å². The summed E-state index contributed by atoms with van der Waals surface area (Å²) >= 11 is 0.